The molecule has 1 N–H and O–H groups in total. The van der Waals surface area contributed by atoms with Crippen LogP contribution in [0.25, 0.3) is 6.08 Å². The van der Waals surface area contributed by atoms with Gasteiger partial charge in [-0.1, -0.05) is 72.3 Å². The lowest BCUT2D eigenvalue weighted by Crippen LogP contribution is -2.51. The molecule has 3 aliphatic rings. The number of carbonyl (C=O) groups is 3. The fraction of sp³-hybridized carbons (Fsp3) is 0.121. The van der Waals surface area contributed by atoms with E-state index in [1.165, 1.54) is 18.2 Å². The van der Waals surface area contributed by atoms with Crippen molar-refractivity contribution in [1.82, 2.24) is 0 Å². The van der Waals surface area contributed by atoms with Crippen molar-refractivity contribution in [3.63, 3.8) is 0 Å². The van der Waals surface area contributed by atoms with Crippen molar-refractivity contribution in [3.05, 3.63) is 136 Å². The van der Waals surface area contributed by atoms with Crippen LogP contribution >= 0.6 is 11.6 Å². The zero-order chi connectivity index (χ0) is 27.6. The van der Waals surface area contributed by atoms with Crippen LogP contribution < -0.4 is 10.2 Å². The smallest absolute Gasteiger partial charge is 0.238 e. The molecular formula is C33H22ClFN2O3. The predicted molar refractivity (Wildman–Crippen MR) is 152 cm³/mol. The number of para-hydroxylation sites is 2. The quantitative estimate of drug-likeness (QED) is 0.302. The molecule has 1 amide bonds. The van der Waals surface area contributed by atoms with Crippen molar-refractivity contribution in [1.29, 1.82) is 0 Å². The predicted octanol–water partition coefficient (Wildman–Crippen LogP) is 6.34. The molecule has 7 heteroatoms. The van der Waals surface area contributed by atoms with E-state index in [0.29, 0.717) is 27.5 Å². The number of halogens is 2. The second-order valence-electron chi connectivity index (χ2n) is 10.3. The van der Waals surface area contributed by atoms with E-state index >= 15 is 4.39 Å². The third-order valence-corrected chi connectivity index (χ3v) is 8.61. The number of fused-ring (bicyclic) bond motifs is 6. The number of ketones is 2. The third kappa shape index (κ3) is 3.29. The average Bonchev–Trinajstić information content (AvgIpc) is 3.45. The van der Waals surface area contributed by atoms with E-state index in [2.05, 4.69) is 5.32 Å². The van der Waals surface area contributed by atoms with Crippen LogP contribution in [0.15, 0.2) is 103 Å². The normalized spacial score (nSPS) is 23.9. The van der Waals surface area contributed by atoms with Crippen molar-refractivity contribution >= 4 is 46.5 Å². The Labute approximate surface area is 234 Å². The number of nitrogens with zero attached hydrogens (tertiary/aromatic N) is 1. The topological polar surface area (TPSA) is 66.5 Å². The standard InChI is InChI=1S/C33H22ClFN2O3/c34-21-16-13-20(14-17-21)30(38)28-29(31(39)22-8-2-4-10-24(22)35)37-26-12-6-1-7-19(26)15-18-27(37)33(28)23-9-3-5-11-25(23)36-32(33)40/h1-18,27-29H,(H,36,40)/t27-,28-,29+,33-/m1/s1. The van der Waals surface area contributed by atoms with Crippen LogP contribution in [0, 0.1) is 11.7 Å². The number of amides is 1. The molecule has 0 saturated carbocycles. The monoisotopic (exact) mass is 548 g/mol. The van der Waals surface area contributed by atoms with Crippen molar-refractivity contribution in [3.8, 4) is 0 Å². The highest BCUT2D eigenvalue weighted by Crippen LogP contribution is 2.58. The highest BCUT2D eigenvalue weighted by Gasteiger charge is 2.70. The Bertz CT molecular complexity index is 1750. The Kier molecular flexibility index (Phi) is 5.51. The van der Waals surface area contributed by atoms with Gasteiger partial charge in [0.1, 0.15) is 17.3 Å². The number of hydrogen-bond donors (Lipinski definition) is 1. The largest absolute Gasteiger partial charge is 0.352 e. The summed E-state index contributed by atoms with van der Waals surface area (Å²) < 4.78 is 15.2. The molecule has 5 nitrogen and oxygen atoms in total. The lowest BCUT2D eigenvalue weighted by atomic mass is 9.64. The van der Waals surface area contributed by atoms with Crippen molar-refractivity contribution < 1.29 is 18.8 Å². The Balaban J connectivity index is 1.55. The van der Waals surface area contributed by atoms with Crippen LogP contribution in [0.3, 0.4) is 0 Å². The van der Waals surface area contributed by atoms with Gasteiger partial charge < -0.3 is 10.2 Å². The maximum absolute atomic E-state index is 15.2. The minimum atomic E-state index is -1.46. The Morgan fingerprint density at radius 3 is 2.35 bits per heavy atom. The minimum Gasteiger partial charge on any atom is -0.352 e. The van der Waals surface area contributed by atoms with Gasteiger partial charge in [0.25, 0.3) is 0 Å². The molecule has 3 aliphatic heterocycles. The molecule has 1 spiro atoms. The number of anilines is 2. The molecule has 40 heavy (non-hydrogen) atoms. The summed E-state index contributed by atoms with van der Waals surface area (Å²) in [4.78, 5) is 45.2. The molecule has 0 bridgehead atoms. The summed E-state index contributed by atoms with van der Waals surface area (Å²) in [6.07, 6.45) is 3.81. The second kappa shape index (κ2) is 9.00. The maximum Gasteiger partial charge on any atom is 0.238 e. The van der Waals surface area contributed by atoms with Gasteiger partial charge in [-0.05, 0) is 59.7 Å². The number of carbonyl (C=O) groups excluding carboxylic acids is 3. The van der Waals surface area contributed by atoms with E-state index in [1.807, 2.05) is 59.5 Å². The number of Topliss-reactive ketones (excluding diaryl/α,β-unsaturated/α-hetero) is 2. The van der Waals surface area contributed by atoms with E-state index in [4.69, 9.17) is 11.6 Å². The minimum absolute atomic E-state index is 0.129. The van der Waals surface area contributed by atoms with Crippen LogP contribution in [0.4, 0.5) is 15.8 Å². The maximum atomic E-state index is 15.2. The molecule has 0 aliphatic carbocycles. The zero-order valence-electron chi connectivity index (χ0n) is 21.1. The number of benzene rings is 4. The molecule has 0 unspecified atom stereocenters. The van der Waals surface area contributed by atoms with Crippen LogP contribution in [-0.4, -0.2) is 29.6 Å². The van der Waals surface area contributed by atoms with Gasteiger partial charge >= 0.3 is 0 Å². The molecular weight excluding hydrogens is 527 g/mol. The summed E-state index contributed by atoms with van der Waals surface area (Å²) in [6.45, 7) is 0. The van der Waals surface area contributed by atoms with Gasteiger partial charge in [-0.3, -0.25) is 14.4 Å². The number of nitrogens with one attached hydrogen (secondary N) is 1. The highest BCUT2D eigenvalue weighted by atomic mass is 35.5. The molecule has 0 aromatic heterocycles. The van der Waals surface area contributed by atoms with Gasteiger partial charge in [0.2, 0.25) is 5.91 Å². The second-order valence-corrected chi connectivity index (χ2v) is 10.7. The van der Waals surface area contributed by atoms with E-state index in [-0.39, 0.29) is 11.5 Å². The molecule has 0 radical (unpaired) electrons. The number of hydrogen-bond acceptors (Lipinski definition) is 4. The molecule has 7 rings (SSSR count). The van der Waals surface area contributed by atoms with Gasteiger partial charge in [0, 0.05) is 22.0 Å². The lowest BCUT2D eigenvalue weighted by Gasteiger charge is -2.37. The van der Waals surface area contributed by atoms with E-state index in [0.717, 1.165) is 5.56 Å². The first kappa shape index (κ1) is 24.5. The van der Waals surface area contributed by atoms with Gasteiger partial charge in [0.05, 0.1) is 17.5 Å². The summed E-state index contributed by atoms with van der Waals surface area (Å²) in [5, 5.41) is 3.44. The molecule has 196 valence electrons. The first-order valence-electron chi connectivity index (χ1n) is 13.0. The summed E-state index contributed by atoms with van der Waals surface area (Å²) in [5.74, 6) is -3.18. The fourth-order valence-corrected chi connectivity index (χ4v) is 6.86. The van der Waals surface area contributed by atoms with Gasteiger partial charge in [0.15, 0.2) is 11.6 Å². The first-order chi connectivity index (χ1) is 19.4. The average molecular weight is 549 g/mol. The van der Waals surface area contributed by atoms with Crippen LogP contribution in [0.2, 0.25) is 5.02 Å². The Hall–Kier alpha value is -4.55. The summed E-state index contributed by atoms with van der Waals surface area (Å²) in [7, 11) is 0. The van der Waals surface area contributed by atoms with Gasteiger partial charge in [-0.15, -0.1) is 0 Å². The van der Waals surface area contributed by atoms with Crippen LogP contribution in [0.5, 0.6) is 0 Å². The zero-order valence-corrected chi connectivity index (χ0v) is 21.8. The fourth-order valence-electron chi connectivity index (χ4n) is 6.73. The van der Waals surface area contributed by atoms with Crippen molar-refractivity contribution in [2.75, 3.05) is 10.2 Å². The summed E-state index contributed by atoms with van der Waals surface area (Å²) in [5.41, 5.74) is 1.50. The molecule has 4 aromatic carbocycles. The third-order valence-electron chi connectivity index (χ3n) is 8.36. The van der Waals surface area contributed by atoms with Gasteiger partial charge in [-0.25, -0.2) is 4.39 Å². The molecule has 1 saturated heterocycles. The SMILES string of the molecule is O=C(c1ccccc1F)[C@@H]1[C@H](C(=O)c2ccc(Cl)cc2)[C@]2(C(=O)Nc3ccccc32)[C@H]2C=Cc3ccccc3N12. The van der Waals surface area contributed by atoms with Crippen molar-refractivity contribution in [2.24, 2.45) is 5.92 Å². The molecule has 4 aromatic rings. The molecule has 1 fully saturated rings. The van der Waals surface area contributed by atoms with E-state index < -0.39 is 40.8 Å². The first-order valence-corrected chi connectivity index (χ1v) is 13.4. The molecule has 3 heterocycles. The van der Waals surface area contributed by atoms with Crippen molar-refractivity contribution in [2.45, 2.75) is 17.5 Å². The van der Waals surface area contributed by atoms with E-state index in [1.54, 1.807) is 36.4 Å². The van der Waals surface area contributed by atoms with Crippen LogP contribution in [0.1, 0.15) is 31.8 Å². The summed E-state index contributed by atoms with van der Waals surface area (Å²) in [6, 6.07) is 25.1. The van der Waals surface area contributed by atoms with Gasteiger partial charge in [-0.2, -0.15) is 0 Å². The van der Waals surface area contributed by atoms with E-state index in [9.17, 15) is 14.4 Å². The van der Waals surface area contributed by atoms with Crippen LogP contribution in [-0.2, 0) is 10.2 Å². The summed E-state index contributed by atoms with van der Waals surface area (Å²) >= 11 is 6.13. The lowest BCUT2D eigenvalue weighted by molar-refractivity contribution is -0.121. The number of rotatable bonds is 4. The molecule has 4 atom stereocenters. The Morgan fingerprint density at radius 1 is 0.850 bits per heavy atom. The highest BCUT2D eigenvalue weighted by molar-refractivity contribution is 6.30. The Morgan fingerprint density at radius 2 is 1.55 bits per heavy atom.